The molecule has 4 nitrogen and oxygen atoms in total. The SMILES string of the molecule is CCOC(=O)/C1=C/C(CI)OC(=O)CCC1. The molecule has 0 saturated carbocycles. The van der Waals surface area contributed by atoms with Crippen LogP contribution in [0.5, 0.6) is 0 Å². The van der Waals surface area contributed by atoms with Gasteiger partial charge in [-0.3, -0.25) is 4.79 Å². The van der Waals surface area contributed by atoms with Gasteiger partial charge in [0.2, 0.25) is 0 Å². The van der Waals surface area contributed by atoms with E-state index in [1.165, 1.54) is 0 Å². The van der Waals surface area contributed by atoms with Gasteiger partial charge in [0.15, 0.2) is 0 Å². The molecule has 90 valence electrons. The number of ether oxygens (including phenoxy) is 2. The molecule has 1 aliphatic heterocycles. The summed E-state index contributed by atoms with van der Waals surface area (Å²) in [7, 11) is 0. The molecule has 1 aliphatic rings. The Bertz CT molecular complexity index is 298. The van der Waals surface area contributed by atoms with Crippen LogP contribution in [0.3, 0.4) is 0 Å². The summed E-state index contributed by atoms with van der Waals surface area (Å²) in [5, 5.41) is 0. The topological polar surface area (TPSA) is 52.6 Å². The van der Waals surface area contributed by atoms with E-state index in [1.807, 2.05) is 0 Å². The van der Waals surface area contributed by atoms with Gasteiger partial charge in [0.25, 0.3) is 0 Å². The zero-order valence-corrected chi connectivity index (χ0v) is 11.4. The maximum atomic E-state index is 11.6. The van der Waals surface area contributed by atoms with Gasteiger partial charge in [-0.1, -0.05) is 22.6 Å². The summed E-state index contributed by atoms with van der Waals surface area (Å²) in [5.41, 5.74) is 0.621. The van der Waals surface area contributed by atoms with Crippen LogP contribution in [0.25, 0.3) is 0 Å². The number of carbonyl (C=O) groups excluding carboxylic acids is 2. The molecule has 0 N–H and O–H groups in total. The quantitative estimate of drug-likeness (QED) is 0.449. The fourth-order valence-electron chi connectivity index (χ4n) is 1.46. The number of esters is 2. The Kier molecular flexibility index (Phi) is 5.79. The molecular formula is C11H15IO4. The van der Waals surface area contributed by atoms with Gasteiger partial charge < -0.3 is 9.47 Å². The zero-order chi connectivity index (χ0) is 12.0. The summed E-state index contributed by atoms with van der Waals surface area (Å²) in [4.78, 5) is 22.8. The Hall–Kier alpha value is -0.590. The summed E-state index contributed by atoms with van der Waals surface area (Å²) in [6.45, 7) is 2.14. The maximum absolute atomic E-state index is 11.6. The second-order valence-corrected chi connectivity index (χ2v) is 4.33. The average molecular weight is 338 g/mol. The largest absolute Gasteiger partial charge is 0.463 e. The lowest BCUT2D eigenvalue weighted by Crippen LogP contribution is -2.22. The predicted octanol–water partition coefficient (Wildman–Crippen LogP) is 2.01. The van der Waals surface area contributed by atoms with E-state index in [9.17, 15) is 9.59 Å². The van der Waals surface area contributed by atoms with Crippen LogP contribution in [0.2, 0.25) is 0 Å². The second-order valence-electron chi connectivity index (χ2n) is 3.45. The molecule has 0 fully saturated rings. The van der Waals surface area contributed by atoms with Crippen LogP contribution in [-0.4, -0.2) is 29.1 Å². The van der Waals surface area contributed by atoms with E-state index in [-0.39, 0.29) is 18.0 Å². The third-order valence-corrected chi connectivity index (χ3v) is 3.05. The van der Waals surface area contributed by atoms with Crippen molar-refractivity contribution in [1.29, 1.82) is 0 Å². The Balaban J connectivity index is 2.76. The van der Waals surface area contributed by atoms with Crippen molar-refractivity contribution in [2.24, 2.45) is 0 Å². The number of rotatable bonds is 3. The summed E-state index contributed by atoms with van der Waals surface area (Å²) in [6, 6.07) is 0. The van der Waals surface area contributed by atoms with Gasteiger partial charge in [0, 0.05) is 16.4 Å². The third kappa shape index (κ3) is 4.11. The number of hydrogen-bond donors (Lipinski definition) is 0. The minimum absolute atomic E-state index is 0.194. The van der Waals surface area contributed by atoms with Gasteiger partial charge in [0.05, 0.1) is 6.61 Å². The molecule has 5 heteroatoms. The first-order valence-electron chi connectivity index (χ1n) is 5.30. The molecule has 0 spiro atoms. The normalized spacial score (nSPS) is 24.8. The molecule has 0 aromatic heterocycles. The first-order valence-corrected chi connectivity index (χ1v) is 6.83. The molecule has 0 aromatic rings. The lowest BCUT2D eigenvalue weighted by Gasteiger charge is -2.17. The highest BCUT2D eigenvalue weighted by Gasteiger charge is 2.19. The van der Waals surface area contributed by atoms with Crippen molar-refractivity contribution in [2.75, 3.05) is 11.0 Å². The lowest BCUT2D eigenvalue weighted by molar-refractivity contribution is -0.147. The first-order chi connectivity index (χ1) is 7.67. The first kappa shape index (κ1) is 13.5. The summed E-state index contributed by atoms with van der Waals surface area (Å²) < 4.78 is 10.8. The monoisotopic (exact) mass is 338 g/mol. The van der Waals surface area contributed by atoms with E-state index in [1.54, 1.807) is 13.0 Å². The second kappa shape index (κ2) is 6.88. The van der Waals surface area contributed by atoms with Gasteiger partial charge in [0.1, 0.15) is 6.10 Å². The fourth-order valence-corrected chi connectivity index (χ4v) is 1.90. The molecule has 0 aliphatic carbocycles. The van der Waals surface area contributed by atoms with Crippen LogP contribution in [0, 0.1) is 0 Å². The highest BCUT2D eigenvalue weighted by Crippen LogP contribution is 2.17. The summed E-state index contributed by atoms with van der Waals surface area (Å²) in [6.07, 6.45) is 2.98. The van der Waals surface area contributed by atoms with E-state index in [2.05, 4.69) is 22.6 Å². The molecule has 16 heavy (non-hydrogen) atoms. The van der Waals surface area contributed by atoms with Crippen LogP contribution >= 0.6 is 22.6 Å². The van der Waals surface area contributed by atoms with Gasteiger partial charge in [-0.2, -0.15) is 0 Å². The Morgan fingerprint density at radius 1 is 1.62 bits per heavy atom. The number of hydrogen-bond acceptors (Lipinski definition) is 4. The molecule has 1 rings (SSSR count). The third-order valence-electron chi connectivity index (χ3n) is 2.19. The van der Waals surface area contributed by atoms with E-state index in [4.69, 9.17) is 9.47 Å². The molecule has 1 unspecified atom stereocenters. The standard InChI is InChI=1S/C11H15IO4/c1-2-15-11(14)8-4-3-5-10(13)16-9(6-8)7-12/h6,9H,2-5,7H2,1H3/b8-6+. The zero-order valence-electron chi connectivity index (χ0n) is 9.20. The smallest absolute Gasteiger partial charge is 0.333 e. The van der Waals surface area contributed by atoms with Crippen LogP contribution in [-0.2, 0) is 19.1 Å². The molecular weight excluding hydrogens is 323 g/mol. The predicted molar refractivity (Wildman–Crippen MR) is 67.3 cm³/mol. The maximum Gasteiger partial charge on any atom is 0.333 e. The van der Waals surface area contributed by atoms with Crippen LogP contribution in [0.4, 0.5) is 0 Å². The highest BCUT2D eigenvalue weighted by molar-refractivity contribution is 14.1. The highest BCUT2D eigenvalue weighted by atomic mass is 127. The molecule has 0 radical (unpaired) electrons. The van der Waals surface area contributed by atoms with Crippen LogP contribution < -0.4 is 0 Å². The van der Waals surface area contributed by atoms with Gasteiger partial charge >= 0.3 is 11.9 Å². The van der Waals surface area contributed by atoms with Crippen molar-refractivity contribution in [3.63, 3.8) is 0 Å². The number of carbonyl (C=O) groups is 2. The van der Waals surface area contributed by atoms with Crippen molar-refractivity contribution < 1.29 is 19.1 Å². The van der Waals surface area contributed by atoms with Crippen molar-refractivity contribution >= 4 is 34.5 Å². The molecule has 0 saturated heterocycles. The average Bonchev–Trinajstić information content (AvgIpc) is 2.23. The van der Waals surface area contributed by atoms with Crippen molar-refractivity contribution in [3.8, 4) is 0 Å². The van der Waals surface area contributed by atoms with Crippen molar-refractivity contribution in [3.05, 3.63) is 11.6 Å². The number of halogens is 1. The molecule has 0 bridgehead atoms. The Labute approximate surface area is 109 Å². The van der Waals surface area contributed by atoms with E-state index in [0.717, 1.165) is 0 Å². The van der Waals surface area contributed by atoms with Gasteiger partial charge in [-0.25, -0.2) is 4.79 Å². The van der Waals surface area contributed by atoms with Crippen molar-refractivity contribution in [1.82, 2.24) is 0 Å². The number of alkyl halides is 1. The molecule has 1 heterocycles. The number of cyclic esters (lactones) is 1. The minimum atomic E-state index is -0.312. The molecule has 0 aromatic carbocycles. The molecule has 0 amide bonds. The molecule has 1 atom stereocenters. The van der Waals surface area contributed by atoms with Crippen LogP contribution in [0.1, 0.15) is 26.2 Å². The summed E-state index contributed by atoms with van der Waals surface area (Å²) in [5.74, 6) is -0.490. The fraction of sp³-hybridized carbons (Fsp3) is 0.636. The van der Waals surface area contributed by atoms with Gasteiger partial charge in [-0.15, -0.1) is 0 Å². The Morgan fingerprint density at radius 3 is 3.00 bits per heavy atom. The van der Waals surface area contributed by atoms with Gasteiger partial charge in [-0.05, 0) is 25.8 Å². The lowest BCUT2D eigenvalue weighted by atomic mass is 10.1. The van der Waals surface area contributed by atoms with Crippen LogP contribution in [0.15, 0.2) is 11.6 Å². The van der Waals surface area contributed by atoms with E-state index >= 15 is 0 Å². The van der Waals surface area contributed by atoms with E-state index in [0.29, 0.717) is 35.9 Å². The Morgan fingerprint density at radius 2 is 2.38 bits per heavy atom. The van der Waals surface area contributed by atoms with E-state index < -0.39 is 0 Å². The van der Waals surface area contributed by atoms with Crippen molar-refractivity contribution in [2.45, 2.75) is 32.3 Å². The minimum Gasteiger partial charge on any atom is -0.463 e. The summed E-state index contributed by atoms with van der Waals surface area (Å²) >= 11 is 2.13.